The molecule has 2 aromatic heterocycles. The Morgan fingerprint density at radius 3 is 2.95 bits per heavy atom. The number of nitrogens with one attached hydrogen (secondary N) is 1. The lowest BCUT2D eigenvalue weighted by Gasteiger charge is -2.09. The Hall–Kier alpha value is -2.47. The summed E-state index contributed by atoms with van der Waals surface area (Å²) in [6.07, 6.45) is 2.94. The molecule has 0 bridgehead atoms. The Balaban J connectivity index is 1.67. The van der Waals surface area contributed by atoms with Gasteiger partial charge in [0.25, 0.3) is 0 Å². The lowest BCUT2D eigenvalue weighted by molar-refractivity contribution is -0.122. The van der Waals surface area contributed by atoms with Crippen molar-refractivity contribution in [3.05, 3.63) is 59.3 Å². The normalized spacial score (nSPS) is 10.5. The minimum atomic E-state index is -0.0828. The molecule has 0 saturated carbocycles. The number of amides is 1. The van der Waals surface area contributed by atoms with Crippen LogP contribution in [-0.4, -0.2) is 20.7 Å². The minimum absolute atomic E-state index is 0.0828. The second-order valence-electron chi connectivity index (χ2n) is 4.54. The lowest BCUT2D eigenvalue weighted by atomic mass is 10.0. The van der Waals surface area contributed by atoms with Gasteiger partial charge in [-0.2, -0.15) is 16.4 Å². The molecule has 0 unspecified atom stereocenters. The number of carbonyl (C=O) groups is 1. The molecule has 0 aliphatic rings. The van der Waals surface area contributed by atoms with Crippen molar-refractivity contribution < 1.29 is 4.79 Å². The largest absolute Gasteiger partial charge is 0.350 e. The van der Waals surface area contributed by atoms with Crippen LogP contribution in [0.1, 0.15) is 5.56 Å². The molecule has 3 aromatic rings. The molecule has 3 rings (SSSR count). The Kier molecular flexibility index (Phi) is 4.07. The summed E-state index contributed by atoms with van der Waals surface area (Å²) < 4.78 is 1.50. The second-order valence-corrected chi connectivity index (χ2v) is 5.32. The molecule has 1 aromatic carbocycles. The van der Waals surface area contributed by atoms with Gasteiger partial charge < -0.3 is 5.32 Å². The van der Waals surface area contributed by atoms with Crippen LogP contribution in [-0.2, 0) is 17.9 Å². The predicted molar refractivity (Wildman–Crippen MR) is 81.6 cm³/mol. The minimum Gasteiger partial charge on any atom is -0.350 e. The second kappa shape index (κ2) is 6.32. The van der Waals surface area contributed by atoms with Crippen molar-refractivity contribution >= 4 is 17.2 Å². The van der Waals surface area contributed by atoms with Crippen molar-refractivity contribution in [1.29, 1.82) is 0 Å². The fourth-order valence-electron chi connectivity index (χ4n) is 2.09. The third-order valence-electron chi connectivity index (χ3n) is 3.10. The van der Waals surface area contributed by atoms with E-state index in [4.69, 9.17) is 0 Å². The first-order valence-electron chi connectivity index (χ1n) is 6.52. The van der Waals surface area contributed by atoms with Crippen LogP contribution >= 0.6 is 11.3 Å². The predicted octanol–water partition coefficient (Wildman–Crippen LogP) is 2.32. The molecule has 0 spiro atoms. The molecule has 1 amide bonds. The van der Waals surface area contributed by atoms with Gasteiger partial charge in [-0.1, -0.05) is 24.3 Å². The number of hydrogen-bond acceptors (Lipinski definition) is 4. The van der Waals surface area contributed by atoms with E-state index in [1.807, 2.05) is 18.2 Å². The summed E-state index contributed by atoms with van der Waals surface area (Å²) in [7, 11) is 0. The Morgan fingerprint density at radius 2 is 2.19 bits per heavy atom. The first-order chi connectivity index (χ1) is 10.3. The van der Waals surface area contributed by atoms with E-state index < -0.39 is 0 Å². The zero-order chi connectivity index (χ0) is 14.5. The molecule has 1 N–H and O–H groups in total. The van der Waals surface area contributed by atoms with Crippen LogP contribution in [0.15, 0.2) is 53.7 Å². The van der Waals surface area contributed by atoms with Gasteiger partial charge in [0.2, 0.25) is 5.91 Å². The highest BCUT2D eigenvalue weighted by Gasteiger charge is 2.07. The van der Waals surface area contributed by atoms with E-state index >= 15 is 0 Å². The first kappa shape index (κ1) is 13.5. The van der Waals surface area contributed by atoms with Crippen LogP contribution in [0.3, 0.4) is 0 Å². The maximum Gasteiger partial charge on any atom is 0.242 e. The number of aromatic nitrogens is 3. The van der Waals surface area contributed by atoms with E-state index in [1.165, 1.54) is 22.9 Å². The molecular weight excluding hydrogens is 284 g/mol. The van der Waals surface area contributed by atoms with Gasteiger partial charge in [-0.15, -0.1) is 0 Å². The molecule has 0 aliphatic heterocycles. The maximum atomic E-state index is 11.9. The van der Waals surface area contributed by atoms with Gasteiger partial charge in [0.15, 0.2) is 0 Å². The molecule has 6 heteroatoms. The van der Waals surface area contributed by atoms with Gasteiger partial charge in [-0.25, -0.2) is 9.67 Å². The fraction of sp³-hybridized carbons (Fsp3) is 0.133. The third kappa shape index (κ3) is 3.35. The number of nitrogens with zero attached hydrogens (tertiary/aromatic N) is 3. The molecule has 0 fully saturated rings. The van der Waals surface area contributed by atoms with Gasteiger partial charge in [-0.3, -0.25) is 4.79 Å². The summed E-state index contributed by atoms with van der Waals surface area (Å²) in [6, 6.07) is 10.2. The molecule has 0 radical (unpaired) electrons. The van der Waals surface area contributed by atoms with Gasteiger partial charge >= 0.3 is 0 Å². The summed E-state index contributed by atoms with van der Waals surface area (Å²) in [5, 5.41) is 11.0. The number of rotatable bonds is 5. The average molecular weight is 298 g/mol. The van der Waals surface area contributed by atoms with E-state index in [0.29, 0.717) is 6.54 Å². The summed E-state index contributed by atoms with van der Waals surface area (Å²) >= 11 is 1.66. The average Bonchev–Trinajstić information content (AvgIpc) is 3.18. The molecule has 2 heterocycles. The van der Waals surface area contributed by atoms with Gasteiger partial charge in [0.05, 0.1) is 0 Å². The van der Waals surface area contributed by atoms with Gasteiger partial charge in [-0.05, 0) is 33.5 Å². The molecule has 106 valence electrons. The molecule has 0 saturated heterocycles. The Labute approximate surface area is 126 Å². The zero-order valence-electron chi connectivity index (χ0n) is 11.3. The molecular formula is C15H14N4OS. The van der Waals surface area contributed by atoms with E-state index in [-0.39, 0.29) is 12.5 Å². The van der Waals surface area contributed by atoms with Crippen LogP contribution in [0.4, 0.5) is 0 Å². The van der Waals surface area contributed by atoms with E-state index in [9.17, 15) is 4.79 Å². The highest BCUT2D eigenvalue weighted by atomic mass is 32.1. The van der Waals surface area contributed by atoms with Crippen molar-refractivity contribution in [2.24, 2.45) is 0 Å². The number of carbonyl (C=O) groups excluding carboxylic acids is 1. The van der Waals surface area contributed by atoms with Crippen molar-refractivity contribution in [1.82, 2.24) is 20.1 Å². The summed E-state index contributed by atoms with van der Waals surface area (Å²) in [6.45, 7) is 0.681. The third-order valence-corrected chi connectivity index (χ3v) is 3.78. The zero-order valence-corrected chi connectivity index (χ0v) is 12.1. The molecule has 21 heavy (non-hydrogen) atoms. The number of thiophene rings is 1. The van der Waals surface area contributed by atoms with Crippen molar-refractivity contribution in [3.8, 4) is 11.1 Å². The molecule has 0 aliphatic carbocycles. The monoisotopic (exact) mass is 298 g/mol. The van der Waals surface area contributed by atoms with Gasteiger partial charge in [0.1, 0.15) is 19.2 Å². The van der Waals surface area contributed by atoms with E-state index in [1.54, 1.807) is 11.3 Å². The van der Waals surface area contributed by atoms with E-state index in [2.05, 4.69) is 38.3 Å². The van der Waals surface area contributed by atoms with Crippen molar-refractivity contribution in [2.45, 2.75) is 13.1 Å². The number of hydrogen-bond donors (Lipinski definition) is 1. The van der Waals surface area contributed by atoms with Crippen LogP contribution in [0.25, 0.3) is 11.1 Å². The smallest absolute Gasteiger partial charge is 0.242 e. The van der Waals surface area contributed by atoms with Crippen LogP contribution in [0, 0.1) is 0 Å². The summed E-state index contributed by atoms with van der Waals surface area (Å²) in [5.74, 6) is -0.0828. The highest BCUT2D eigenvalue weighted by Crippen LogP contribution is 2.25. The van der Waals surface area contributed by atoms with Crippen LogP contribution in [0.2, 0.25) is 0 Å². The summed E-state index contributed by atoms with van der Waals surface area (Å²) in [4.78, 5) is 15.7. The lowest BCUT2D eigenvalue weighted by Crippen LogP contribution is -2.27. The maximum absolute atomic E-state index is 11.9. The topological polar surface area (TPSA) is 59.8 Å². The van der Waals surface area contributed by atoms with Crippen LogP contribution < -0.4 is 5.32 Å². The van der Waals surface area contributed by atoms with Crippen molar-refractivity contribution in [2.75, 3.05) is 0 Å². The summed E-state index contributed by atoms with van der Waals surface area (Å²) in [5.41, 5.74) is 3.43. The van der Waals surface area contributed by atoms with Gasteiger partial charge in [0, 0.05) is 6.54 Å². The standard InChI is InChI=1S/C15H14N4OS/c20-15(8-19-11-16-10-18-19)17-7-12-3-1-2-4-14(12)13-5-6-21-9-13/h1-6,9-11H,7-8H2,(H,17,20). The van der Waals surface area contributed by atoms with E-state index in [0.717, 1.165) is 11.1 Å². The van der Waals surface area contributed by atoms with Crippen molar-refractivity contribution in [3.63, 3.8) is 0 Å². The Morgan fingerprint density at radius 1 is 1.29 bits per heavy atom. The Bertz CT molecular complexity index is 707. The molecule has 5 nitrogen and oxygen atoms in total. The quantitative estimate of drug-likeness (QED) is 0.786. The first-order valence-corrected chi connectivity index (χ1v) is 7.47. The fourth-order valence-corrected chi connectivity index (χ4v) is 2.74. The highest BCUT2D eigenvalue weighted by molar-refractivity contribution is 7.08. The van der Waals surface area contributed by atoms with Crippen LogP contribution in [0.5, 0.6) is 0 Å². The molecule has 0 atom stereocenters. The number of benzene rings is 1. The SMILES string of the molecule is O=C(Cn1cncn1)NCc1ccccc1-c1ccsc1.